The lowest BCUT2D eigenvalue weighted by atomic mass is 10.1. The number of aryl methyl sites for hydroxylation is 1. The highest BCUT2D eigenvalue weighted by Crippen LogP contribution is 2.34. The first-order chi connectivity index (χ1) is 13.5. The summed E-state index contributed by atoms with van der Waals surface area (Å²) in [6.07, 6.45) is 2.38. The van der Waals surface area contributed by atoms with Crippen molar-refractivity contribution in [3.8, 4) is 5.75 Å². The van der Waals surface area contributed by atoms with Crippen molar-refractivity contribution in [1.82, 2.24) is 0 Å². The lowest BCUT2D eigenvalue weighted by Crippen LogP contribution is -2.35. The highest BCUT2D eigenvalue weighted by atomic mass is 16.5. The Bertz CT molecular complexity index is 1050. The summed E-state index contributed by atoms with van der Waals surface area (Å²) < 4.78 is 11.1. The van der Waals surface area contributed by atoms with Gasteiger partial charge in [-0.05, 0) is 56.2 Å². The van der Waals surface area contributed by atoms with Crippen LogP contribution in [0.25, 0.3) is 11.0 Å². The van der Waals surface area contributed by atoms with Crippen molar-refractivity contribution in [2.24, 2.45) is 0 Å². The number of nitrogens with zero attached hydrogens (tertiary/aromatic N) is 1. The topological polar surface area (TPSA) is 71.8 Å². The molecule has 0 radical (unpaired) electrons. The van der Waals surface area contributed by atoms with E-state index in [4.69, 9.17) is 9.15 Å². The molecule has 6 nitrogen and oxygen atoms in total. The summed E-state index contributed by atoms with van der Waals surface area (Å²) in [5.74, 6) is 0.579. The van der Waals surface area contributed by atoms with Crippen LogP contribution < -0.4 is 15.0 Å². The van der Waals surface area contributed by atoms with Crippen LogP contribution in [0.3, 0.4) is 0 Å². The molecule has 0 saturated carbocycles. The van der Waals surface area contributed by atoms with E-state index in [2.05, 4.69) is 5.32 Å². The third-order valence-electron chi connectivity index (χ3n) is 4.95. The Morgan fingerprint density at radius 3 is 2.79 bits per heavy atom. The Kier molecular flexibility index (Phi) is 4.77. The number of piperidine rings is 1. The van der Waals surface area contributed by atoms with E-state index in [1.807, 2.05) is 25.1 Å². The van der Waals surface area contributed by atoms with Crippen LogP contribution in [0, 0.1) is 6.92 Å². The Balaban J connectivity index is 1.60. The van der Waals surface area contributed by atoms with Gasteiger partial charge in [-0.15, -0.1) is 0 Å². The predicted molar refractivity (Wildman–Crippen MR) is 108 cm³/mol. The molecule has 3 aromatic rings. The largest absolute Gasteiger partial charge is 0.495 e. The van der Waals surface area contributed by atoms with Crippen molar-refractivity contribution >= 4 is 34.2 Å². The number of anilines is 2. The van der Waals surface area contributed by atoms with E-state index in [-0.39, 0.29) is 17.6 Å². The van der Waals surface area contributed by atoms with Crippen LogP contribution in [-0.4, -0.2) is 25.5 Å². The number of carbonyl (C=O) groups excluding carboxylic acids is 2. The van der Waals surface area contributed by atoms with Crippen LogP contribution in [0.2, 0.25) is 0 Å². The molecule has 144 valence electrons. The predicted octanol–water partition coefficient (Wildman–Crippen LogP) is 4.52. The van der Waals surface area contributed by atoms with E-state index in [0.717, 1.165) is 23.8 Å². The van der Waals surface area contributed by atoms with E-state index in [0.29, 0.717) is 35.7 Å². The number of hydrogen-bond donors (Lipinski definition) is 1. The number of nitrogens with one attached hydrogen (secondary N) is 1. The summed E-state index contributed by atoms with van der Waals surface area (Å²) in [5.41, 5.74) is 3.03. The molecule has 1 aliphatic rings. The van der Waals surface area contributed by atoms with Gasteiger partial charge >= 0.3 is 0 Å². The number of carbonyl (C=O) groups is 2. The maximum Gasteiger partial charge on any atom is 0.291 e. The number of rotatable bonds is 4. The van der Waals surface area contributed by atoms with Gasteiger partial charge < -0.3 is 19.4 Å². The molecular formula is C22H22N2O4. The maximum absolute atomic E-state index is 12.7. The van der Waals surface area contributed by atoms with E-state index in [9.17, 15) is 9.59 Å². The zero-order valence-corrected chi connectivity index (χ0v) is 16.0. The molecule has 1 fully saturated rings. The Hall–Kier alpha value is -3.28. The van der Waals surface area contributed by atoms with Gasteiger partial charge in [0.05, 0.1) is 12.8 Å². The van der Waals surface area contributed by atoms with Gasteiger partial charge in [-0.3, -0.25) is 9.59 Å². The highest BCUT2D eigenvalue weighted by molar-refractivity contribution is 6.05. The zero-order valence-electron chi connectivity index (χ0n) is 16.0. The SMILES string of the molecule is COc1ccc(NC(=O)c2cc3cc(C)ccc3o2)cc1N1CCCCC1=O. The summed E-state index contributed by atoms with van der Waals surface area (Å²) in [4.78, 5) is 26.7. The summed E-state index contributed by atoms with van der Waals surface area (Å²) in [7, 11) is 1.57. The monoisotopic (exact) mass is 378 g/mol. The number of amides is 2. The average Bonchev–Trinajstić information content (AvgIpc) is 3.11. The lowest BCUT2D eigenvalue weighted by Gasteiger charge is -2.28. The van der Waals surface area contributed by atoms with Gasteiger partial charge in [0, 0.05) is 24.0 Å². The minimum atomic E-state index is -0.338. The number of furan rings is 1. The molecule has 1 aliphatic heterocycles. The molecule has 28 heavy (non-hydrogen) atoms. The first-order valence-corrected chi connectivity index (χ1v) is 9.35. The second kappa shape index (κ2) is 7.38. The van der Waals surface area contributed by atoms with Gasteiger partial charge in [0.25, 0.3) is 5.91 Å². The van der Waals surface area contributed by atoms with Crippen molar-refractivity contribution in [3.63, 3.8) is 0 Å². The highest BCUT2D eigenvalue weighted by Gasteiger charge is 2.23. The second-order valence-corrected chi connectivity index (χ2v) is 7.00. The van der Waals surface area contributed by atoms with Crippen LogP contribution >= 0.6 is 0 Å². The summed E-state index contributed by atoms with van der Waals surface area (Å²) in [6, 6.07) is 12.8. The molecule has 6 heteroatoms. The number of hydrogen-bond acceptors (Lipinski definition) is 4. The molecule has 0 spiro atoms. The molecule has 4 rings (SSSR count). The maximum atomic E-state index is 12.7. The zero-order chi connectivity index (χ0) is 19.7. The normalized spacial score (nSPS) is 14.4. The summed E-state index contributed by atoms with van der Waals surface area (Å²) in [5, 5.41) is 3.74. The molecule has 0 bridgehead atoms. The van der Waals surface area contributed by atoms with Crippen molar-refractivity contribution in [2.45, 2.75) is 26.2 Å². The first-order valence-electron chi connectivity index (χ1n) is 9.35. The molecular weight excluding hydrogens is 356 g/mol. The minimum absolute atomic E-state index is 0.0701. The molecule has 1 N–H and O–H groups in total. The molecule has 1 saturated heterocycles. The lowest BCUT2D eigenvalue weighted by molar-refractivity contribution is -0.119. The van der Waals surface area contributed by atoms with Gasteiger partial charge in [-0.2, -0.15) is 0 Å². The van der Waals surface area contributed by atoms with Gasteiger partial charge in [0.15, 0.2) is 5.76 Å². The van der Waals surface area contributed by atoms with Gasteiger partial charge in [-0.25, -0.2) is 0 Å². The van der Waals surface area contributed by atoms with Crippen molar-refractivity contribution in [3.05, 3.63) is 53.8 Å². The number of methoxy groups -OCH3 is 1. The number of ether oxygens (including phenoxy) is 1. The van der Waals surface area contributed by atoms with E-state index in [1.54, 1.807) is 36.3 Å². The minimum Gasteiger partial charge on any atom is -0.495 e. The molecule has 0 aliphatic carbocycles. The van der Waals surface area contributed by atoms with E-state index < -0.39 is 0 Å². The molecule has 0 atom stereocenters. The Morgan fingerprint density at radius 2 is 2.00 bits per heavy atom. The molecule has 2 aromatic carbocycles. The van der Waals surface area contributed by atoms with Gasteiger partial charge in [-0.1, -0.05) is 11.6 Å². The van der Waals surface area contributed by atoms with Crippen LogP contribution in [0.15, 0.2) is 46.9 Å². The third-order valence-corrected chi connectivity index (χ3v) is 4.95. The van der Waals surface area contributed by atoms with Crippen LogP contribution in [-0.2, 0) is 4.79 Å². The van der Waals surface area contributed by atoms with Crippen molar-refractivity contribution < 1.29 is 18.7 Å². The van der Waals surface area contributed by atoms with Crippen LogP contribution in [0.5, 0.6) is 5.75 Å². The van der Waals surface area contributed by atoms with Gasteiger partial charge in [0.2, 0.25) is 5.91 Å². The Labute approximate surface area is 163 Å². The van der Waals surface area contributed by atoms with Crippen LogP contribution in [0.4, 0.5) is 11.4 Å². The Morgan fingerprint density at radius 1 is 1.14 bits per heavy atom. The second-order valence-electron chi connectivity index (χ2n) is 7.00. The fourth-order valence-electron chi connectivity index (χ4n) is 3.51. The fourth-order valence-corrected chi connectivity index (χ4v) is 3.51. The standard InChI is InChI=1S/C22H22N2O4/c1-14-6-8-18-15(11-14)12-20(28-18)22(26)23-16-7-9-19(27-2)17(13-16)24-10-4-3-5-21(24)25/h6-9,11-13H,3-5,10H2,1-2H3,(H,23,26). The average molecular weight is 378 g/mol. The first kappa shape index (κ1) is 18.1. The van der Waals surface area contributed by atoms with Crippen molar-refractivity contribution in [2.75, 3.05) is 23.9 Å². The molecule has 1 aromatic heterocycles. The van der Waals surface area contributed by atoms with E-state index >= 15 is 0 Å². The quantitative estimate of drug-likeness (QED) is 0.725. The van der Waals surface area contributed by atoms with Gasteiger partial charge in [0.1, 0.15) is 11.3 Å². The third kappa shape index (κ3) is 3.45. The number of fused-ring (bicyclic) bond motifs is 1. The summed E-state index contributed by atoms with van der Waals surface area (Å²) in [6.45, 7) is 2.64. The molecule has 2 heterocycles. The van der Waals surface area contributed by atoms with Crippen LogP contribution in [0.1, 0.15) is 35.4 Å². The smallest absolute Gasteiger partial charge is 0.291 e. The molecule has 2 amide bonds. The molecule has 0 unspecified atom stereocenters. The number of benzene rings is 2. The summed E-state index contributed by atoms with van der Waals surface area (Å²) >= 11 is 0. The van der Waals surface area contributed by atoms with Crippen molar-refractivity contribution in [1.29, 1.82) is 0 Å². The fraction of sp³-hybridized carbons (Fsp3) is 0.273. The van der Waals surface area contributed by atoms with E-state index in [1.165, 1.54) is 0 Å².